The van der Waals surface area contributed by atoms with Crippen molar-refractivity contribution in [1.29, 1.82) is 0 Å². The summed E-state index contributed by atoms with van der Waals surface area (Å²) in [6.07, 6.45) is 2.46. The molecule has 0 aliphatic carbocycles. The molecule has 0 bridgehead atoms. The van der Waals surface area contributed by atoms with Crippen molar-refractivity contribution in [3.05, 3.63) is 47.4 Å². The first-order chi connectivity index (χ1) is 12.1. The number of nitrogens with one attached hydrogen (secondary N) is 1. The molecule has 25 heavy (non-hydrogen) atoms. The van der Waals surface area contributed by atoms with Crippen molar-refractivity contribution in [2.24, 2.45) is 0 Å². The van der Waals surface area contributed by atoms with Crippen molar-refractivity contribution in [1.82, 2.24) is 24.9 Å². The minimum absolute atomic E-state index is 0.165. The van der Waals surface area contributed by atoms with Crippen LogP contribution in [0.15, 0.2) is 30.3 Å². The molecule has 6 heteroatoms. The van der Waals surface area contributed by atoms with Crippen molar-refractivity contribution in [2.75, 3.05) is 6.54 Å². The Kier molecular flexibility index (Phi) is 4.03. The van der Waals surface area contributed by atoms with Crippen molar-refractivity contribution >= 4 is 16.8 Å². The molecular weight excluding hydrogens is 314 g/mol. The zero-order valence-corrected chi connectivity index (χ0v) is 14.7. The summed E-state index contributed by atoms with van der Waals surface area (Å²) in [6.45, 7) is 5.67. The van der Waals surface area contributed by atoms with Crippen molar-refractivity contribution in [3.63, 3.8) is 0 Å². The zero-order chi connectivity index (χ0) is 17.4. The topological polar surface area (TPSA) is 66.8 Å². The van der Waals surface area contributed by atoms with Gasteiger partial charge in [-0.25, -0.2) is 0 Å². The Labute approximate surface area is 146 Å². The highest BCUT2D eigenvalue weighted by molar-refractivity contribution is 5.87. The first kappa shape index (κ1) is 15.9. The summed E-state index contributed by atoms with van der Waals surface area (Å²) in [5, 5.41) is 12.9. The predicted octanol–water partition coefficient (Wildman–Crippen LogP) is 2.61. The van der Waals surface area contributed by atoms with E-state index in [2.05, 4.69) is 28.3 Å². The predicted molar refractivity (Wildman–Crippen MR) is 96.2 cm³/mol. The van der Waals surface area contributed by atoms with Gasteiger partial charge in [-0.05, 0) is 38.8 Å². The molecule has 4 rings (SSSR count). The fraction of sp³-hybridized carbons (Fsp3) is 0.421. The average Bonchev–Trinajstić information content (AvgIpc) is 3.28. The largest absolute Gasteiger partial charge is 0.338 e. The molecule has 1 saturated heterocycles. The minimum atomic E-state index is 0.165. The van der Waals surface area contributed by atoms with Crippen LogP contribution in [0.25, 0.3) is 10.9 Å². The van der Waals surface area contributed by atoms with Crippen LogP contribution in [0.4, 0.5) is 0 Å². The molecule has 0 saturated carbocycles. The lowest BCUT2D eigenvalue weighted by Crippen LogP contribution is -2.39. The Morgan fingerprint density at radius 3 is 2.96 bits per heavy atom. The fourth-order valence-electron chi connectivity index (χ4n) is 3.82. The van der Waals surface area contributed by atoms with Gasteiger partial charge in [0.15, 0.2) is 0 Å². The van der Waals surface area contributed by atoms with Crippen LogP contribution in [0.5, 0.6) is 0 Å². The molecule has 1 amide bonds. The van der Waals surface area contributed by atoms with Crippen LogP contribution < -0.4 is 0 Å². The fourth-order valence-corrected chi connectivity index (χ4v) is 3.82. The van der Waals surface area contributed by atoms with E-state index in [1.54, 1.807) is 0 Å². The number of hydrogen-bond donors (Lipinski definition) is 1. The molecule has 1 unspecified atom stereocenters. The van der Waals surface area contributed by atoms with Crippen molar-refractivity contribution in [3.8, 4) is 0 Å². The van der Waals surface area contributed by atoms with Gasteiger partial charge in [0, 0.05) is 17.6 Å². The number of H-pyrrole nitrogens is 1. The summed E-state index contributed by atoms with van der Waals surface area (Å²) in [6, 6.07) is 10.2. The number of fused-ring (bicyclic) bond motifs is 1. The smallest absolute Gasteiger partial charge is 0.228 e. The molecular formula is C19H23N5O. The maximum atomic E-state index is 12.9. The van der Waals surface area contributed by atoms with E-state index in [0.29, 0.717) is 6.42 Å². The van der Waals surface area contributed by atoms with Crippen LogP contribution in [-0.2, 0) is 17.8 Å². The molecule has 1 fully saturated rings. The second-order valence-electron chi connectivity index (χ2n) is 6.89. The maximum Gasteiger partial charge on any atom is 0.228 e. The van der Waals surface area contributed by atoms with Gasteiger partial charge in [0.05, 0.1) is 35.9 Å². The third-order valence-electron chi connectivity index (χ3n) is 5.05. The molecule has 1 aromatic carbocycles. The summed E-state index contributed by atoms with van der Waals surface area (Å²) in [5.41, 5.74) is 3.98. The minimum Gasteiger partial charge on any atom is -0.338 e. The quantitative estimate of drug-likeness (QED) is 0.796. The highest BCUT2D eigenvalue weighted by Crippen LogP contribution is 2.22. The lowest BCUT2D eigenvalue weighted by Gasteiger charge is -2.25. The average molecular weight is 337 g/mol. The number of para-hydroxylation sites is 1. The standard InChI is InChI=1S/C19H23N5O/c1-13-10-14(2)24(22-13)12-15-6-5-9-23(15)19(25)11-18-16-7-3-4-8-17(16)20-21-18/h3-4,7-8,10,15H,5-6,9,11-12H2,1-2H3,(H,20,21). The van der Waals surface area contributed by atoms with E-state index >= 15 is 0 Å². The number of hydrogen-bond acceptors (Lipinski definition) is 3. The number of nitrogens with zero attached hydrogens (tertiary/aromatic N) is 4. The van der Waals surface area contributed by atoms with Crippen LogP contribution in [0.3, 0.4) is 0 Å². The molecule has 3 heterocycles. The third kappa shape index (κ3) is 3.04. The summed E-state index contributed by atoms with van der Waals surface area (Å²) in [4.78, 5) is 14.9. The van der Waals surface area contributed by atoms with E-state index in [0.717, 1.165) is 53.9 Å². The van der Waals surface area contributed by atoms with Gasteiger partial charge in [-0.1, -0.05) is 18.2 Å². The summed E-state index contributed by atoms with van der Waals surface area (Å²) >= 11 is 0. The Balaban J connectivity index is 1.50. The normalized spacial score (nSPS) is 17.5. The first-order valence-corrected chi connectivity index (χ1v) is 8.84. The number of carbonyl (C=O) groups is 1. The van der Waals surface area contributed by atoms with E-state index in [1.807, 2.05) is 40.8 Å². The lowest BCUT2D eigenvalue weighted by atomic mass is 10.1. The molecule has 0 spiro atoms. The molecule has 0 radical (unpaired) electrons. The molecule has 1 aliphatic heterocycles. The van der Waals surface area contributed by atoms with E-state index in [1.165, 1.54) is 0 Å². The van der Waals surface area contributed by atoms with Crippen LogP contribution >= 0.6 is 0 Å². The monoisotopic (exact) mass is 337 g/mol. The van der Waals surface area contributed by atoms with Gasteiger partial charge in [0.25, 0.3) is 0 Å². The van der Waals surface area contributed by atoms with Crippen LogP contribution in [-0.4, -0.2) is 43.4 Å². The van der Waals surface area contributed by atoms with Crippen LogP contribution in [0.1, 0.15) is 29.9 Å². The Morgan fingerprint density at radius 2 is 2.16 bits per heavy atom. The van der Waals surface area contributed by atoms with Crippen LogP contribution in [0, 0.1) is 13.8 Å². The Hall–Kier alpha value is -2.63. The number of likely N-dealkylation sites (tertiary alicyclic amines) is 1. The van der Waals surface area contributed by atoms with Gasteiger partial charge >= 0.3 is 0 Å². The van der Waals surface area contributed by atoms with E-state index in [9.17, 15) is 4.79 Å². The van der Waals surface area contributed by atoms with Gasteiger partial charge < -0.3 is 4.90 Å². The Morgan fingerprint density at radius 1 is 1.32 bits per heavy atom. The summed E-state index contributed by atoms with van der Waals surface area (Å²) < 4.78 is 2.02. The lowest BCUT2D eigenvalue weighted by molar-refractivity contribution is -0.131. The number of aryl methyl sites for hydroxylation is 2. The van der Waals surface area contributed by atoms with E-state index in [4.69, 9.17) is 0 Å². The maximum absolute atomic E-state index is 12.9. The molecule has 1 aliphatic rings. The SMILES string of the molecule is Cc1cc(C)n(CC2CCCN2C(=O)Cc2[nH]nc3ccccc23)n1. The first-order valence-electron chi connectivity index (χ1n) is 8.84. The Bertz CT molecular complexity index is 910. The highest BCUT2D eigenvalue weighted by Gasteiger charge is 2.30. The molecule has 2 aromatic heterocycles. The second kappa shape index (κ2) is 6.35. The van der Waals surface area contributed by atoms with Gasteiger partial charge in [-0.15, -0.1) is 0 Å². The van der Waals surface area contributed by atoms with Crippen molar-refractivity contribution < 1.29 is 4.79 Å². The highest BCUT2D eigenvalue weighted by atomic mass is 16.2. The number of aromatic nitrogens is 4. The zero-order valence-electron chi connectivity index (χ0n) is 14.7. The molecule has 130 valence electrons. The number of benzene rings is 1. The van der Waals surface area contributed by atoms with Gasteiger partial charge in [-0.3, -0.25) is 14.6 Å². The molecule has 6 nitrogen and oxygen atoms in total. The van der Waals surface area contributed by atoms with Crippen molar-refractivity contribution in [2.45, 2.75) is 45.7 Å². The third-order valence-corrected chi connectivity index (χ3v) is 5.05. The molecule has 1 atom stereocenters. The summed E-state index contributed by atoms with van der Waals surface area (Å²) in [7, 11) is 0. The van der Waals surface area contributed by atoms with E-state index < -0.39 is 0 Å². The summed E-state index contributed by atoms with van der Waals surface area (Å²) in [5.74, 6) is 0.165. The van der Waals surface area contributed by atoms with Gasteiger partial charge in [0.2, 0.25) is 5.91 Å². The number of carbonyl (C=O) groups excluding carboxylic acids is 1. The second-order valence-corrected chi connectivity index (χ2v) is 6.89. The van der Waals surface area contributed by atoms with Crippen LogP contribution in [0.2, 0.25) is 0 Å². The number of aromatic amines is 1. The van der Waals surface area contributed by atoms with Gasteiger partial charge in [0.1, 0.15) is 0 Å². The molecule has 3 aromatic rings. The molecule has 1 N–H and O–H groups in total. The number of amides is 1. The van der Waals surface area contributed by atoms with E-state index in [-0.39, 0.29) is 11.9 Å². The van der Waals surface area contributed by atoms with Gasteiger partial charge in [-0.2, -0.15) is 10.2 Å². The number of rotatable bonds is 4.